The Labute approximate surface area is 79.0 Å². The number of hydrogen-bond acceptors (Lipinski definition) is 3. The standard InChI is InChI=1S/C6H11N.C3H5N3/c1-3-5-7-6-4-2;1-6-3-2-4-5-6/h3-4,7H,1-2,5-6H2;2-3H,1H3. The highest BCUT2D eigenvalue weighted by Gasteiger charge is 1.71. The molecule has 0 aliphatic rings. The van der Waals surface area contributed by atoms with Crippen LogP contribution in [0, 0.1) is 0 Å². The molecule has 0 spiro atoms. The Morgan fingerprint density at radius 3 is 2.23 bits per heavy atom. The van der Waals surface area contributed by atoms with Gasteiger partial charge in [0.05, 0.1) is 6.20 Å². The van der Waals surface area contributed by atoms with E-state index in [9.17, 15) is 0 Å². The minimum Gasteiger partial charge on any atom is -0.310 e. The van der Waals surface area contributed by atoms with Crippen molar-refractivity contribution < 1.29 is 0 Å². The second kappa shape index (κ2) is 8.67. The maximum atomic E-state index is 3.58. The summed E-state index contributed by atoms with van der Waals surface area (Å²) in [5.41, 5.74) is 0. The molecule has 0 aromatic carbocycles. The van der Waals surface area contributed by atoms with E-state index in [2.05, 4.69) is 28.8 Å². The molecular weight excluding hydrogens is 164 g/mol. The number of rotatable bonds is 4. The fourth-order valence-corrected chi connectivity index (χ4v) is 0.555. The highest BCUT2D eigenvalue weighted by Crippen LogP contribution is 1.66. The molecule has 1 rings (SSSR count). The van der Waals surface area contributed by atoms with Gasteiger partial charge in [-0.1, -0.05) is 17.4 Å². The van der Waals surface area contributed by atoms with Crippen LogP contribution in [-0.4, -0.2) is 28.1 Å². The summed E-state index contributed by atoms with van der Waals surface area (Å²) in [6.07, 6.45) is 7.06. The SMILES string of the molecule is C=CCNCC=C.Cn1ccnn1. The highest BCUT2D eigenvalue weighted by molar-refractivity contribution is 4.75. The Kier molecular flexibility index (Phi) is 7.73. The van der Waals surface area contributed by atoms with Crippen molar-refractivity contribution in [2.45, 2.75) is 0 Å². The first-order chi connectivity index (χ1) is 6.31. The van der Waals surface area contributed by atoms with Crippen LogP contribution >= 0.6 is 0 Å². The van der Waals surface area contributed by atoms with Crippen LogP contribution in [0.4, 0.5) is 0 Å². The van der Waals surface area contributed by atoms with Crippen LogP contribution in [0.5, 0.6) is 0 Å². The van der Waals surface area contributed by atoms with Gasteiger partial charge in [0.25, 0.3) is 0 Å². The van der Waals surface area contributed by atoms with Crippen LogP contribution in [0.3, 0.4) is 0 Å². The number of aromatic nitrogens is 3. The average molecular weight is 180 g/mol. The number of hydrogen-bond donors (Lipinski definition) is 1. The lowest BCUT2D eigenvalue weighted by molar-refractivity contribution is 0.715. The van der Waals surface area contributed by atoms with Gasteiger partial charge in [0.15, 0.2) is 0 Å². The molecule has 0 aliphatic carbocycles. The molecule has 0 unspecified atom stereocenters. The van der Waals surface area contributed by atoms with Gasteiger partial charge in [0, 0.05) is 26.3 Å². The van der Waals surface area contributed by atoms with E-state index in [1.54, 1.807) is 17.1 Å². The Hall–Kier alpha value is -1.42. The van der Waals surface area contributed by atoms with Gasteiger partial charge in [-0.15, -0.1) is 18.3 Å². The second-order valence-electron chi connectivity index (χ2n) is 2.31. The van der Waals surface area contributed by atoms with Crippen molar-refractivity contribution in [2.75, 3.05) is 13.1 Å². The number of aryl methyl sites for hydroxylation is 1. The summed E-state index contributed by atoms with van der Waals surface area (Å²) < 4.78 is 1.64. The smallest absolute Gasteiger partial charge is 0.0692 e. The van der Waals surface area contributed by atoms with Gasteiger partial charge in [-0.2, -0.15) is 0 Å². The minimum atomic E-state index is 0.867. The molecule has 72 valence electrons. The first kappa shape index (κ1) is 11.6. The van der Waals surface area contributed by atoms with Gasteiger partial charge >= 0.3 is 0 Å². The molecule has 1 aromatic heterocycles. The van der Waals surface area contributed by atoms with Crippen molar-refractivity contribution in [1.82, 2.24) is 20.3 Å². The zero-order valence-corrected chi connectivity index (χ0v) is 7.98. The molecule has 0 atom stereocenters. The second-order valence-corrected chi connectivity index (χ2v) is 2.31. The van der Waals surface area contributed by atoms with Crippen LogP contribution in [0.15, 0.2) is 37.7 Å². The lowest BCUT2D eigenvalue weighted by Gasteiger charge is -1.90. The van der Waals surface area contributed by atoms with Crippen molar-refractivity contribution in [3.63, 3.8) is 0 Å². The fraction of sp³-hybridized carbons (Fsp3) is 0.333. The quantitative estimate of drug-likeness (QED) is 0.549. The van der Waals surface area contributed by atoms with Gasteiger partial charge < -0.3 is 5.32 Å². The van der Waals surface area contributed by atoms with Crippen LogP contribution in [0.25, 0.3) is 0 Å². The summed E-state index contributed by atoms with van der Waals surface area (Å²) in [5, 5.41) is 10.2. The molecule has 0 saturated carbocycles. The summed E-state index contributed by atoms with van der Waals surface area (Å²) in [5.74, 6) is 0. The first-order valence-electron chi connectivity index (χ1n) is 4.04. The van der Waals surface area contributed by atoms with Crippen LogP contribution in [0.2, 0.25) is 0 Å². The van der Waals surface area contributed by atoms with E-state index in [1.165, 1.54) is 0 Å². The maximum Gasteiger partial charge on any atom is 0.0692 e. The maximum absolute atomic E-state index is 3.58. The number of nitrogens with one attached hydrogen (secondary N) is 1. The zero-order chi connectivity index (χ0) is 9.94. The predicted octanol–water partition coefficient (Wildman–Crippen LogP) is 0.763. The van der Waals surface area contributed by atoms with Crippen molar-refractivity contribution in [1.29, 1.82) is 0 Å². The van der Waals surface area contributed by atoms with E-state index < -0.39 is 0 Å². The van der Waals surface area contributed by atoms with Gasteiger partial charge in [-0.05, 0) is 0 Å². The Morgan fingerprint density at radius 1 is 1.38 bits per heavy atom. The molecular formula is C9H16N4. The third kappa shape index (κ3) is 8.49. The molecule has 0 saturated heterocycles. The lowest BCUT2D eigenvalue weighted by atomic mass is 10.5. The Balaban J connectivity index is 0.000000223. The van der Waals surface area contributed by atoms with E-state index in [0.717, 1.165) is 13.1 Å². The first-order valence-corrected chi connectivity index (χ1v) is 4.04. The fourth-order valence-electron chi connectivity index (χ4n) is 0.555. The molecule has 1 N–H and O–H groups in total. The monoisotopic (exact) mass is 180 g/mol. The minimum absolute atomic E-state index is 0.867. The highest BCUT2D eigenvalue weighted by atomic mass is 15.4. The average Bonchev–Trinajstić information content (AvgIpc) is 2.58. The predicted molar refractivity (Wildman–Crippen MR) is 54.3 cm³/mol. The van der Waals surface area contributed by atoms with Gasteiger partial charge in [0.2, 0.25) is 0 Å². The van der Waals surface area contributed by atoms with Gasteiger partial charge in [-0.3, -0.25) is 4.68 Å². The summed E-state index contributed by atoms with van der Waals surface area (Å²) in [7, 11) is 1.83. The van der Waals surface area contributed by atoms with E-state index in [-0.39, 0.29) is 0 Å². The van der Waals surface area contributed by atoms with Crippen molar-refractivity contribution in [3.8, 4) is 0 Å². The normalized spacial score (nSPS) is 8.38. The topological polar surface area (TPSA) is 42.7 Å². The Morgan fingerprint density at radius 2 is 2.00 bits per heavy atom. The van der Waals surface area contributed by atoms with Crippen LogP contribution < -0.4 is 5.32 Å². The molecule has 0 radical (unpaired) electrons. The van der Waals surface area contributed by atoms with Crippen molar-refractivity contribution in [2.24, 2.45) is 7.05 Å². The van der Waals surface area contributed by atoms with Crippen LogP contribution in [0.1, 0.15) is 0 Å². The molecule has 0 fully saturated rings. The van der Waals surface area contributed by atoms with E-state index in [1.807, 2.05) is 19.2 Å². The zero-order valence-electron chi connectivity index (χ0n) is 7.98. The van der Waals surface area contributed by atoms with E-state index in [4.69, 9.17) is 0 Å². The van der Waals surface area contributed by atoms with E-state index in [0.29, 0.717) is 0 Å². The molecule has 0 aliphatic heterocycles. The largest absolute Gasteiger partial charge is 0.310 e. The molecule has 0 bridgehead atoms. The van der Waals surface area contributed by atoms with Crippen molar-refractivity contribution >= 4 is 0 Å². The number of nitrogens with zero attached hydrogens (tertiary/aromatic N) is 3. The molecule has 1 aromatic rings. The molecule has 13 heavy (non-hydrogen) atoms. The van der Waals surface area contributed by atoms with Crippen molar-refractivity contribution in [3.05, 3.63) is 37.7 Å². The molecule has 0 amide bonds. The summed E-state index contributed by atoms with van der Waals surface area (Å²) in [6.45, 7) is 8.81. The molecule has 4 heteroatoms. The van der Waals surface area contributed by atoms with Gasteiger partial charge in [-0.25, -0.2) is 0 Å². The van der Waals surface area contributed by atoms with E-state index >= 15 is 0 Å². The van der Waals surface area contributed by atoms with Crippen LogP contribution in [-0.2, 0) is 7.05 Å². The lowest BCUT2D eigenvalue weighted by Crippen LogP contribution is -2.11. The van der Waals surface area contributed by atoms with Gasteiger partial charge in [0.1, 0.15) is 0 Å². The summed E-state index contributed by atoms with van der Waals surface area (Å²) in [4.78, 5) is 0. The third-order valence-corrected chi connectivity index (χ3v) is 1.12. The summed E-state index contributed by atoms with van der Waals surface area (Å²) >= 11 is 0. The summed E-state index contributed by atoms with van der Waals surface area (Å²) in [6, 6.07) is 0. The Bertz CT molecular complexity index is 208. The molecule has 4 nitrogen and oxygen atoms in total. The molecule has 1 heterocycles. The third-order valence-electron chi connectivity index (χ3n) is 1.12.